The third-order valence-corrected chi connectivity index (χ3v) is 5.25. The van der Waals surface area contributed by atoms with E-state index < -0.39 is 0 Å². The molecule has 0 spiro atoms. The Bertz CT molecular complexity index is 1220. The number of hydrogen-bond donors (Lipinski definition) is 2. The minimum atomic E-state index is -0.206. The van der Waals surface area contributed by atoms with E-state index in [2.05, 4.69) is 41.5 Å². The van der Waals surface area contributed by atoms with E-state index in [1.807, 2.05) is 48.5 Å². The van der Waals surface area contributed by atoms with E-state index in [1.54, 1.807) is 30.0 Å². The number of carbonyl (C=O) groups is 1. The molecule has 2 N–H and O–H groups in total. The number of ether oxygens (including phenoxy) is 1. The summed E-state index contributed by atoms with van der Waals surface area (Å²) in [6, 6.07) is 19.1. The normalized spacial score (nSPS) is 11.4. The fourth-order valence-corrected chi connectivity index (χ4v) is 3.35. The van der Waals surface area contributed by atoms with Crippen LogP contribution in [0.25, 0.3) is 5.65 Å². The molecule has 2 aromatic heterocycles. The number of methoxy groups -OCH3 is 1. The molecule has 2 aromatic carbocycles. The van der Waals surface area contributed by atoms with Crippen molar-refractivity contribution in [2.75, 3.05) is 17.7 Å². The number of rotatable bonds is 6. The molecule has 0 aliphatic heterocycles. The van der Waals surface area contributed by atoms with Crippen molar-refractivity contribution in [2.45, 2.75) is 32.7 Å². The van der Waals surface area contributed by atoms with Crippen molar-refractivity contribution in [2.24, 2.45) is 0 Å². The maximum absolute atomic E-state index is 12.8. The molecule has 0 radical (unpaired) electrons. The van der Waals surface area contributed by atoms with Crippen molar-refractivity contribution < 1.29 is 9.53 Å². The van der Waals surface area contributed by atoms with Crippen molar-refractivity contribution in [1.82, 2.24) is 14.6 Å². The van der Waals surface area contributed by atoms with Gasteiger partial charge >= 0.3 is 0 Å². The highest BCUT2D eigenvalue weighted by Gasteiger charge is 2.15. The molecule has 0 aliphatic carbocycles. The Kier molecular flexibility index (Phi) is 5.81. The summed E-state index contributed by atoms with van der Waals surface area (Å²) < 4.78 is 6.91. The summed E-state index contributed by atoms with van der Waals surface area (Å²) in [6.07, 6.45) is 1.68. The van der Waals surface area contributed by atoms with E-state index in [1.165, 1.54) is 5.56 Å². The van der Waals surface area contributed by atoms with E-state index in [-0.39, 0.29) is 11.3 Å². The Morgan fingerprint density at radius 2 is 1.75 bits per heavy atom. The number of hydrogen-bond acceptors (Lipinski definition) is 5. The summed E-state index contributed by atoms with van der Waals surface area (Å²) in [5, 5.41) is 10.6. The van der Waals surface area contributed by atoms with Gasteiger partial charge in [-0.15, -0.1) is 0 Å². The van der Waals surface area contributed by atoms with Gasteiger partial charge in [0.05, 0.1) is 13.3 Å². The summed E-state index contributed by atoms with van der Waals surface area (Å²) in [5.74, 6) is 1.80. The van der Waals surface area contributed by atoms with Gasteiger partial charge < -0.3 is 15.4 Å². The van der Waals surface area contributed by atoms with Gasteiger partial charge in [-0.3, -0.25) is 4.79 Å². The zero-order chi connectivity index (χ0) is 22.7. The fraction of sp³-hybridized carbons (Fsp3) is 0.240. The minimum Gasteiger partial charge on any atom is -0.497 e. The number of nitrogens with one attached hydrogen (secondary N) is 2. The summed E-state index contributed by atoms with van der Waals surface area (Å²) in [5.41, 5.74) is 3.53. The Morgan fingerprint density at radius 3 is 2.41 bits per heavy atom. The third kappa shape index (κ3) is 4.72. The largest absolute Gasteiger partial charge is 0.497 e. The number of benzene rings is 2. The van der Waals surface area contributed by atoms with Crippen LogP contribution in [-0.2, 0) is 12.0 Å². The van der Waals surface area contributed by atoms with Gasteiger partial charge in [-0.25, -0.2) is 4.98 Å². The molecule has 32 heavy (non-hydrogen) atoms. The van der Waals surface area contributed by atoms with Crippen LogP contribution in [0.3, 0.4) is 0 Å². The zero-order valence-electron chi connectivity index (χ0n) is 18.7. The van der Waals surface area contributed by atoms with Crippen LogP contribution < -0.4 is 15.4 Å². The van der Waals surface area contributed by atoms with Crippen LogP contribution in [0.1, 0.15) is 42.3 Å². The molecular weight excluding hydrogens is 402 g/mol. The van der Waals surface area contributed by atoms with Gasteiger partial charge in [0.15, 0.2) is 5.65 Å². The first-order valence-electron chi connectivity index (χ1n) is 10.5. The standard InChI is InChI=1S/C25H27N5O2/c1-25(2,3)19-9-7-18(8-10-19)24(31)29-21-15-23(30-22(28-21)13-14-27-30)26-16-17-5-11-20(32-4)12-6-17/h5-15,26H,16H2,1-4H3,(H,28,29,31). The third-order valence-electron chi connectivity index (χ3n) is 5.25. The molecule has 7 nitrogen and oxygen atoms in total. The van der Waals surface area contributed by atoms with E-state index in [0.717, 1.165) is 17.1 Å². The quantitative estimate of drug-likeness (QED) is 0.456. The van der Waals surface area contributed by atoms with Crippen molar-refractivity contribution in [3.8, 4) is 5.75 Å². The topological polar surface area (TPSA) is 80.5 Å². The van der Waals surface area contributed by atoms with Gasteiger partial charge in [0.25, 0.3) is 5.91 Å². The lowest BCUT2D eigenvalue weighted by atomic mass is 9.87. The van der Waals surface area contributed by atoms with E-state index in [4.69, 9.17) is 4.74 Å². The predicted octanol–water partition coefficient (Wildman–Crippen LogP) is 4.90. The van der Waals surface area contributed by atoms with Crippen LogP contribution >= 0.6 is 0 Å². The van der Waals surface area contributed by atoms with Crippen molar-refractivity contribution in [3.63, 3.8) is 0 Å². The highest BCUT2D eigenvalue weighted by Crippen LogP contribution is 2.23. The molecule has 1 amide bonds. The van der Waals surface area contributed by atoms with Crippen LogP contribution in [0, 0.1) is 0 Å². The molecule has 4 rings (SSSR count). The molecule has 0 aliphatic rings. The van der Waals surface area contributed by atoms with Crippen molar-refractivity contribution >= 4 is 23.2 Å². The molecule has 0 fully saturated rings. The smallest absolute Gasteiger partial charge is 0.256 e. The minimum absolute atomic E-state index is 0.0358. The second kappa shape index (κ2) is 8.70. The monoisotopic (exact) mass is 429 g/mol. The second-order valence-electron chi connectivity index (χ2n) is 8.61. The molecule has 0 saturated heterocycles. The van der Waals surface area contributed by atoms with E-state index in [9.17, 15) is 4.79 Å². The molecule has 0 saturated carbocycles. The average Bonchev–Trinajstić information content (AvgIpc) is 3.26. The molecule has 0 bridgehead atoms. The Labute approximate surface area is 187 Å². The number of anilines is 2. The molecule has 4 aromatic rings. The Morgan fingerprint density at radius 1 is 1.03 bits per heavy atom. The van der Waals surface area contributed by atoms with Crippen LogP contribution in [-0.4, -0.2) is 27.6 Å². The average molecular weight is 430 g/mol. The summed E-state index contributed by atoms with van der Waals surface area (Å²) in [4.78, 5) is 17.3. The SMILES string of the molecule is COc1ccc(CNc2cc(NC(=O)c3ccc(C(C)(C)C)cc3)nc3ccnn23)cc1. The number of fused-ring (bicyclic) bond motifs is 1. The summed E-state index contributed by atoms with van der Waals surface area (Å²) >= 11 is 0. The van der Waals surface area contributed by atoms with Crippen LogP contribution in [0.2, 0.25) is 0 Å². The maximum atomic E-state index is 12.8. The van der Waals surface area contributed by atoms with Gasteiger partial charge in [0.1, 0.15) is 17.4 Å². The molecular formula is C25H27N5O2. The van der Waals surface area contributed by atoms with Gasteiger partial charge in [-0.05, 0) is 40.8 Å². The number of nitrogens with zero attached hydrogens (tertiary/aromatic N) is 3. The van der Waals surface area contributed by atoms with Gasteiger partial charge in [0, 0.05) is 24.2 Å². The van der Waals surface area contributed by atoms with Crippen LogP contribution in [0.15, 0.2) is 66.9 Å². The lowest BCUT2D eigenvalue weighted by molar-refractivity contribution is 0.102. The Hall–Kier alpha value is -3.87. The maximum Gasteiger partial charge on any atom is 0.256 e. The molecule has 0 atom stereocenters. The lowest BCUT2D eigenvalue weighted by Gasteiger charge is -2.19. The number of carbonyl (C=O) groups excluding carboxylic acids is 1. The van der Waals surface area contributed by atoms with E-state index >= 15 is 0 Å². The zero-order valence-corrected chi connectivity index (χ0v) is 18.7. The number of amides is 1. The first kappa shape index (κ1) is 21.4. The Balaban J connectivity index is 1.52. The number of aromatic nitrogens is 3. The molecule has 2 heterocycles. The van der Waals surface area contributed by atoms with Crippen molar-refractivity contribution in [3.05, 3.63) is 83.6 Å². The highest BCUT2D eigenvalue weighted by molar-refractivity contribution is 6.04. The summed E-state index contributed by atoms with van der Waals surface area (Å²) in [6.45, 7) is 7.03. The van der Waals surface area contributed by atoms with Gasteiger partial charge in [-0.1, -0.05) is 45.0 Å². The van der Waals surface area contributed by atoms with Gasteiger partial charge in [-0.2, -0.15) is 9.61 Å². The second-order valence-corrected chi connectivity index (χ2v) is 8.61. The molecule has 164 valence electrons. The first-order valence-corrected chi connectivity index (χ1v) is 10.5. The summed E-state index contributed by atoms with van der Waals surface area (Å²) in [7, 11) is 1.65. The van der Waals surface area contributed by atoms with Crippen LogP contribution in [0.4, 0.5) is 11.6 Å². The highest BCUT2D eigenvalue weighted by atomic mass is 16.5. The molecule has 0 unspecified atom stereocenters. The molecule has 7 heteroatoms. The predicted molar refractivity (Wildman–Crippen MR) is 126 cm³/mol. The van der Waals surface area contributed by atoms with Gasteiger partial charge in [0.2, 0.25) is 0 Å². The fourth-order valence-electron chi connectivity index (χ4n) is 3.35. The lowest BCUT2D eigenvalue weighted by Crippen LogP contribution is -2.16. The van der Waals surface area contributed by atoms with Crippen molar-refractivity contribution in [1.29, 1.82) is 0 Å². The van der Waals surface area contributed by atoms with E-state index in [0.29, 0.717) is 23.6 Å². The van der Waals surface area contributed by atoms with Crippen LogP contribution in [0.5, 0.6) is 5.75 Å². The first-order chi connectivity index (χ1) is 15.3.